The number of aryl methyl sites for hydroxylation is 1. The largest absolute Gasteiger partial charge is 1.00 e. The van der Waals surface area contributed by atoms with Gasteiger partial charge in [-0.1, -0.05) is 5.11 Å². The molecule has 1 saturated heterocycles. The molecule has 102 valence electrons. The normalized spacial score (nSPS) is 24.8. The van der Waals surface area contributed by atoms with Crippen LogP contribution in [0.1, 0.15) is 18.2 Å². The van der Waals surface area contributed by atoms with Gasteiger partial charge in [0.2, 0.25) is 0 Å². The number of aliphatic hydroxyl groups excluding tert-OH is 1. The van der Waals surface area contributed by atoms with Crippen LogP contribution < -0.4 is 40.8 Å². The van der Waals surface area contributed by atoms with Crippen molar-refractivity contribution in [2.45, 2.75) is 31.7 Å². The molecule has 2 rings (SSSR count). The first-order valence-electron chi connectivity index (χ1n) is 5.69. The van der Waals surface area contributed by atoms with E-state index in [1.807, 2.05) is 0 Å². The van der Waals surface area contributed by atoms with E-state index in [1.54, 1.807) is 6.92 Å². The first-order chi connectivity index (χ1) is 9.06. The number of ether oxygens (including phenoxy) is 1. The standard InChI is InChI=1S/C10H13N5O4.Na/c1-5-3-15(10(18)12-9(5)17)8-2-6(13-14-11)7(4-16)19-8;/h3,6-8,16H,2,4H2,1H3,(H,12,17,18);/q;+1/t6-,7+,8+;/m0./s1. The molecule has 1 aromatic heterocycles. The second kappa shape index (κ2) is 7.07. The number of H-pyrrole nitrogens is 1. The van der Waals surface area contributed by atoms with E-state index in [-0.39, 0.29) is 42.6 Å². The van der Waals surface area contributed by atoms with Gasteiger partial charge in [0.05, 0.1) is 18.8 Å². The van der Waals surface area contributed by atoms with E-state index >= 15 is 0 Å². The Hall–Kier alpha value is -1.09. The Kier molecular flexibility index (Phi) is 6.00. The van der Waals surface area contributed by atoms with Gasteiger partial charge in [-0.05, 0) is 12.5 Å². The van der Waals surface area contributed by atoms with Gasteiger partial charge in [-0.25, -0.2) is 4.79 Å². The summed E-state index contributed by atoms with van der Waals surface area (Å²) in [5.74, 6) is 0. The number of hydrogen-bond donors (Lipinski definition) is 2. The summed E-state index contributed by atoms with van der Waals surface area (Å²) in [5, 5.41) is 12.7. The van der Waals surface area contributed by atoms with Gasteiger partial charge in [0.15, 0.2) is 0 Å². The molecule has 10 heteroatoms. The zero-order chi connectivity index (χ0) is 14.0. The number of rotatable bonds is 3. The third-order valence-electron chi connectivity index (χ3n) is 3.04. The molecular formula is C10H13N5NaO4+. The molecule has 1 aromatic rings. The molecule has 0 bridgehead atoms. The molecule has 3 atom stereocenters. The van der Waals surface area contributed by atoms with Gasteiger partial charge < -0.3 is 9.84 Å². The van der Waals surface area contributed by atoms with Crippen LogP contribution in [0.2, 0.25) is 0 Å². The van der Waals surface area contributed by atoms with Crippen molar-refractivity contribution in [3.63, 3.8) is 0 Å². The first kappa shape index (κ1) is 17.0. The summed E-state index contributed by atoms with van der Waals surface area (Å²) in [6, 6.07) is -0.542. The molecule has 1 fully saturated rings. The smallest absolute Gasteiger partial charge is 0.394 e. The van der Waals surface area contributed by atoms with Gasteiger partial charge in [0.25, 0.3) is 5.56 Å². The number of aromatic nitrogens is 2. The zero-order valence-corrected chi connectivity index (χ0v) is 13.2. The fraction of sp³-hybridized carbons (Fsp3) is 0.600. The molecule has 20 heavy (non-hydrogen) atoms. The summed E-state index contributed by atoms with van der Waals surface area (Å²) in [4.78, 5) is 27.8. The number of nitrogens with zero attached hydrogens (tertiary/aromatic N) is 4. The molecule has 1 aliphatic heterocycles. The molecule has 9 nitrogen and oxygen atoms in total. The van der Waals surface area contributed by atoms with Crippen molar-refractivity contribution in [2.75, 3.05) is 6.61 Å². The zero-order valence-electron chi connectivity index (χ0n) is 11.2. The van der Waals surface area contributed by atoms with Gasteiger partial charge in [0, 0.05) is 23.1 Å². The van der Waals surface area contributed by atoms with Crippen molar-refractivity contribution in [1.82, 2.24) is 9.55 Å². The van der Waals surface area contributed by atoms with E-state index in [0.29, 0.717) is 5.56 Å². The summed E-state index contributed by atoms with van der Waals surface area (Å²) in [7, 11) is 0. The topological polar surface area (TPSA) is 133 Å². The van der Waals surface area contributed by atoms with Crippen LogP contribution >= 0.6 is 0 Å². The first-order valence-corrected chi connectivity index (χ1v) is 5.69. The van der Waals surface area contributed by atoms with E-state index in [0.717, 1.165) is 0 Å². The van der Waals surface area contributed by atoms with Crippen molar-refractivity contribution >= 4 is 0 Å². The number of hydrogen-bond acceptors (Lipinski definition) is 5. The van der Waals surface area contributed by atoms with Crippen LogP contribution in [0.3, 0.4) is 0 Å². The van der Waals surface area contributed by atoms with Crippen LogP contribution in [-0.2, 0) is 4.74 Å². The van der Waals surface area contributed by atoms with Crippen molar-refractivity contribution in [3.8, 4) is 0 Å². The maximum Gasteiger partial charge on any atom is 1.00 e. The molecule has 0 aromatic carbocycles. The van der Waals surface area contributed by atoms with Crippen molar-refractivity contribution in [3.05, 3.63) is 43.0 Å². The minimum atomic E-state index is -0.671. The molecular weight excluding hydrogens is 277 g/mol. The molecule has 0 saturated carbocycles. The summed E-state index contributed by atoms with van der Waals surface area (Å²) in [6.45, 7) is 1.26. The maximum atomic E-state index is 11.7. The second-order valence-corrected chi connectivity index (χ2v) is 4.30. The van der Waals surface area contributed by atoms with Gasteiger partial charge in [-0.15, -0.1) is 0 Å². The number of azide groups is 1. The van der Waals surface area contributed by atoms with Crippen LogP contribution in [0, 0.1) is 6.92 Å². The maximum absolute atomic E-state index is 11.7. The van der Waals surface area contributed by atoms with E-state index < -0.39 is 29.6 Å². The Balaban J connectivity index is 0.00000200. The summed E-state index contributed by atoms with van der Waals surface area (Å²) >= 11 is 0. The fourth-order valence-electron chi connectivity index (χ4n) is 2.04. The van der Waals surface area contributed by atoms with E-state index in [2.05, 4.69) is 15.0 Å². The minimum Gasteiger partial charge on any atom is -0.394 e. The molecule has 0 aliphatic carbocycles. The number of aromatic amines is 1. The summed E-state index contributed by atoms with van der Waals surface area (Å²) < 4.78 is 6.69. The number of aliphatic hydroxyl groups is 1. The van der Waals surface area contributed by atoms with Gasteiger partial charge in [0.1, 0.15) is 6.23 Å². The van der Waals surface area contributed by atoms with Crippen LogP contribution in [-0.4, -0.2) is 33.4 Å². The van der Waals surface area contributed by atoms with Gasteiger partial charge >= 0.3 is 35.2 Å². The van der Waals surface area contributed by atoms with E-state index in [1.165, 1.54) is 10.8 Å². The predicted molar refractivity (Wildman–Crippen MR) is 64.6 cm³/mol. The van der Waals surface area contributed by atoms with E-state index in [4.69, 9.17) is 15.4 Å². The number of nitrogens with one attached hydrogen (secondary N) is 1. The van der Waals surface area contributed by atoms with Crippen LogP contribution in [0.4, 0.5) is 0 Å². The Morgan fingerprint density at radius 3 is 2.95 bits per heavy atom. The monoisotopic (exact) mass is 290 g/mol. The van der Waals surface area contributed by atoms with E-state index in [9.17, 15) is 9.59 Å². The summed E-state index contributed by atoms with van der Waals surface area (Å²) in [5.41, 5.74) is 7.76. The van der Waals surface area contributed by atoms with Crippen LogP contribution in [0.5, 0.6) is 0 Å². The van der Waals surface area contributed by atoms with Crippen molar-refractivity contribution in [2.24, 2.45) is 5.11 Å². The average Bonchev–Trinajstić information content (AvgIpc) is 2.77. The predicted octanol–water partition coefficient (Wildman–Crippen LogP) is -3.19. The molecule has 2 heterocycles. The summed E-state index contributed by atoms with van der Waals surface area (Å²) in [6.07, 6.45) is 0.329. The van der Waals surface area contributed by atoms with Gasteiger partial charge in [-0.3, -0.25) is 14.3 Å². The molecule has 2 N–H and O–H groups in total. The Morgan fingerprint density at radius 2 is 2.35 bits per heavy atom. The van der Waals surface area contributed by atoms with Crippen LogP contribution in [0.25, 0.3) is 10.4 Å². The SMILES string of the molecule is Cc1cn([C@H]2C[C@H](N=[N+]=[N-])[C@@H](CO)O2)c(=O)[nH]c1=O.[Na+]. The minimum absolute atomic E-state index is 0. The molecule has 0 spiro atoms. The second-order valence-electron chi connectivity index (χ2n) is 4.30. The Bertz CT molecular complexity index is 635. The van der Waals surface area contributed by atoms with Crippen molar-refractivity contribution < 1.29 is 39.4 Å². The third-order valence-corrected chi connectivity index (χ3v) is 3.04. The molecule has 0 amide bonds. The average molecular weight is 290 g/mol. The molecule has 1 aliphatic rings. The van der Waals surface area contributed by atoms with Gasteiger partial charge in [-0.2, -0.15) is 0 Å². The quantitative estimate of drug-likeness (QED) is 0.262. The third kappa shape index (κ3) is 3.32. The molecule has 0 unspecified atom stereocenters. The van der Waals surface area contributed by atoms with Crippen LogP contribution in [0.15, 0.2) is 20.9 Å². The molecule has 0 radical (unpaired) electrons. The Labute approximate surface area is 135 Å². The fourth-order valence-corrected chi connectivity index (χ4v) is 2.04. The Morgan fingerprint density at radius 1 is 1.65 bits per heavy atom. The van der Waals surface area contributed by atoms with Crippen molar-refractivity contribution in [1.29, 1.82) is 0 Å².